The Labute approximate surface area is 137 Å². The van der Waals surface area contributed by atoms with Crippen LogP contribution in [0.2, 0.25) is 0 Å². The summed E-state index contributed by atoms with van der Waals surface area (Å²) in [5.41, 5.74) is 0.902. The molecule has 0 radical (unpaired) electrons. The van der Waals surface area contributed by atoms with Crippen molar-refractivity contribution in [3.63, 3.8) is 0 Å². The van der Waals surface area contributed by atoms with Crippen LogP contribution >= 0.6 is 0 Å². The third kappa shape index (κ3) is 4.53. The molecule has 23 heavy (non-hydrogen) atoms. The summed E-state index contributed by atoms with van der Waals surface area (Å²) in [5, 5.41) is 2.98. The van der Waals surface area contributed by atoms with Crippen molar-refractivity contribution < 1.29 is 14.0 Å². The van der Waals surface area contributed by atoms with E-state index < -0.39 is 0 Å². The van der Waals surface area contributed by atoms with Gasteiger partial charge in [0.2, 0.25) is 11.8 Å². The first kappa shape index (κ1) is 17.4. The first-order valence-electron chi connectivity index (χ1n) is 8.17. The Bertz CT molecular complexity index is 557. The lowest BCUT2D eigenvalue weighted by Gasteiger charge is -2.18. The number of amides is 2. The van der Waals surface area contributed by atoms with E-state index >= 15 is 0 Å². The maximum absolute atomic E-state index is 13.1. The van der Waals surface area contributed by atoms with E-state index in [1.165, 1.54) is 19.1 Å². The van der Waals surface area contributed by atoms with Crippen LogP contribution in [0.4, 0.5) is 4.39 Å². The maximum atomic E-state index is 13.1. The summed E-state index contributed by atoms with van der Waals surface area (Å²) in [5.74, 6) is -0.193. The SMILES string of the molecule is CC(=O)N1C[C@H](C(=O)NCCC(C)C)[C@@H](c2ccc(F)cc2)C1. The molecule has 2 rings (SSSR count). The van der Waals surface area contributed by atoms with Crippen LogP contribution in [0.15, 0.2) is 24.3 Å². The number of hydrogen-bond acceptors (Lipinski definition) is 2. The number of likely N-dealkylation sites (tertiary alicyclic amines) is 1. The summed E-state index contributed by atoms with van der Waals surface area (Å²) in [7, 11) is 0. The fourth-order valence-corrected chi connectivity index (χ4v) is 2.99. The van der Waals surface area contributed by atoms with Crippen LogP contribution in [0.5, 0.6) is 0 Å². The van der Waals surface area contributed by atoms with Crippen molar-refractivity contribution >= 4 is 11.8 Å². The van der Waals surface area contributed by atoms with Crippen molar-refractivity contribution in [3.05, 3.63) is 35.6 Å². The molecule has 126 valence electrons. The standard InChI is InChI=1S/C18H25FN2O2/c1-12(2)8-9-20-18(23)17-11-21(13(3)22)10-16(17)14-4-6-15(19)7-5-14/h4-7,12,16-17H,8-11H2,1-3H3,(H,20,23)/t16-,17+/m1/s1. The Kier molecular flexibility index (Phi) is 5.74. The number of rotatable bonds is 5. The first-order valence-corrected chi connectivity index (χ1v) is 8.17. The lowest BCUT2D eigenvalue weighted by atomic mass is 9.88. The zero-order chi connectivity index (χ0) is 17.0. The van der Waals surface area contributed by atoms with Crippen molar-refractivity contribution in [2.24, 2.45) is 11.8 Å². The predicted molar refractivity (Wildman–Crippen MR) is 87.3 cm³/mol. The number of hydrogen-bond donors (Lipinski definition) is 1. The van der Waals surface area contributed by atoms with Crippen molar-refractivity contribution in [1.29, 1.82) is 0 Å². The van der Waals surface area contributed by atoms with Crippen molar-refractivity contribution in [1.82, 2.24) is 10.2 Å². The Balaban J connectivity index is 2.11. The Morgan fingerprint density at radius 2 is 1.91 bits per heavy atom. The van der Waals surface area contributed by atoms with E-state index in [1.54, 1.807) is 17.0 Å². The van der Waals surface area contributed by atoms with Gasteiger partial charge in [-0.3, -0.25) is 9.59 Å². The van der Waals surface area contributed by atoms with Crippen LogP contribution in [0.3, 0.4) is 0 Å². The molecule has 1 fully saturated rings. The summed E-state index contributed by atoms with van der Waals surface area (Å²) < 4.78 is 13.1. The van der Waals surface area contributed by atoms with Gasteiger partial charge in [0, 0.05) is 32.5 Å². The molecule has 5 heteroatoms. The van der Waals surface area contributed by atoms with E-state index in [0.717, 1.165) is 12.0 Å². The topological polar surface area (TPSA) is 49.4 Å². The predicted octanol–water partition coefficient (Wildman–Crippen LogP) is 2.55. The van der Waals surface area contributed by atoms with Gasteiger partial charge in [-0.15, -0.1) is 0 Å². The molecule has 2 atom stereocenters. The zero-order valence-corrected chi connectivity index (χ0v) is 14.0. The Hall–Kier alpha value is -1.91. The molecule has 0 aromatic heterocycles. The highest BCUT2D eigenvalue weighted by Crippen LogP contribution is 2.33. The minimum atomic E-state index is -0.298. The molecule has 0 spiro atoms. The van der Waals surface area contributed by atoms with Gasteiger partial charge in [-0.1, -0.05) is 26.0 Å². The fraction of sp³-hybridized carbons (Fsp3) is 0.556. The molecule has 1 aromatic carbocycles. The lowest BCUT2D eigenvalue weighted by molar-refractivity contribution is -0.128. The van der Waals surface area contributed by atoms with Crippen molar-refractivity contribution in [3.8, 4) is 0 Å². The number of carbonyl (C=O) groups excluding carboxylic acids is 2. The smallest absolute Gasteiger partial charge is 0.225 e. The molecular formula is C18H25FN2O2. The summed E-state index contributed by atoms with van der Waals surface area (Å²) in [6.45, 7) is 7.30. The molecule has 4 nitrogen and oxygen atoms in total. The van der Waals surface area contributed by atoms with Gasteiger partial charge in [0.05, 0.1) is 5.92 Å². The number of carbonyl (C=O) groups is 2. The number of nitrogens with zero attached hydrogens (tertiary/aromatic N) is 1. The van der Waals surface area contributed by atoms with Gasteiger partial charge in [0.15, 0.2) is 0 Å². The summed E-state index contributed by atoms with van der Waals surface area (Å²) >= 11 is 0. The van der Waals surface area contributed by atoms with Crippen LogP contribution in [-0.4, -0.2) is 36.3 Å². The van der Waals surface area contributed by atoms with E-state index in [4.69, 9.17) is 0 Å². The van der Waals surface area contributed by atoms with Crippen molar-refractivity contribution in [2.45, 2.75) is 33.1 Å². The number of benzene rings is 1. The third-order valence-electron chi connectivity index (χ3n) is 4.42. The second-order valence-electron chi connectivity index (χ2n) is 6.66. The average molecular weight is 320 g/mol. The van der Waals surface area contributed by atoms with E-state index in [-0.39, 0.29) is 29.5 Å². The van der Waals surface area contributed by atoms with E-state index in [2.05, 4.69) is 19.2 Å². The highest BCUT2D eigenvalue weighted by molar-refractivity contribution is 5.82. The molecular weight excluding hydrogens is 295 g/mol. The normalized spacial score (nSPS) is 20.8. The molecule has 0 saturated carbocycles. The molecule has 0 unspecified atom stereocenters. The summed E-state index contributed by atoms with van der Waals surface area (Å²) in [6.07, 6.45) is 0.927. The molecule has 1 saturated heterocycles. The van der Waals surface area contributed by atoms with E-state index in [0.29, 0.717) is 25.6 Å². The molecule has 0 aliphatic carbocycles. The van der Waals surface area contributed by atoms with Gasteiger partial charge >= 0.3 is 0 Å². The second kappa shape index (κ2) is 7.57. The number of halogens is 1. The largest absolute Gasteiger partial charge is 0.356 e. The Morgan fingerprint density at radius 3 is 2.48 bits per heavy atom. The monoisotopic (exact) mass is 320 g/mol. The highest BCUT2D eigenvalue weighted by Gasteiger charge is 2.39. The van der Waals surface area contributed by atoms with Gasteiger partial charge in [0.1, 0.15) is 5.82 Å². The lowest BCUT2D eigenvalue weighted by Crippen LogP contribution is -2.36. The molecule has 2 amide bonds. The average Bonchev–Trinajstić information content (AvgIpc) is 2.93. The molecule has 1 aliphatic heterocycles. The van der Waals surface area contributed by atoms with E-state index in [9.17, 15) is 14.0 Å². The van der Waals surface area contributed by atoms with Gasteiger partial charge in [-0.25, -0.2) is 4.39 Å². The van der Waals surface area contributed by atoms with Gasteiger partial charge in [-0.2, -0.15) is 0 Å². The molecule has 0 bridgehead atoms. The number of nitrogens with one attached hydrogen (secondary N) is 1. The fourth-order valence-electron chi connectivity index (χ4n) is 2.99. The highest BCUT2D eigenvalue weighted by atomic mass is 19.1. The Morgan fingerprint density at radius 1 is 1.26 bits per heavy atom. The maximum Gasteiger partial charge on any atom is 0.225 e. The molecule has 1 N–H and O–H groups in total. The molecule has 1 heterocycles. The van der Waals surface area contributed by atoms with Gasteiger partial charge in [0.25, 0.3) is 0 Å². The van der Waals surface area contributed by atoms with Crippen molar-refractivity contribution in [2.75, 3.05) is 19.6 Å². The van der Waals surface area contributed by atoms with Crippen LogP contribution in [0.25, 0.3) is 0 Å². The summed E-state index contributed by atoms with van der Waals surface area (Å²) in [6, 6.07) is 6.22. The van der Waals surface area contributed by atoms with Crippen LogP contribution in [0, 0.1) is 17.7 Å². The quantitative estimate of drug-likeness (QED) is 0.906. The van der Waals surface area contributed by atoms with E-state index in [1.807, 2.05) is 0 Å². The van der Waals surface area contributed by atoms with Crippen LogP contribution < -0.4 is 5.32 Å². The summed E-state index contributed by atoms with van der Waals surface area (Å²) in [4.78, 5) is 25.9. The minimum Gasteiger partial charge on any atom is -0.356 e. The van der Waals surface area contributed by atoms with Gasteiger partial charge in [-0.05, 0) is 30.0 Å². The second-order valence-corrected chi connectivity index (χ2v) is 6.66. The van der Waals surface area contributed by atoms with Gasteiger partial charge < -0.3 is 10.2 Å². The van der Waals surface area contributed by atoms with Crippen LogP contribution in [-0.2, 0) is 9.59 Å². The third-order valence-corrected chi connectivity index (χ3v) is 4.42. The zero-order valence-electron chi connectivity index (χ0n) is 14.0. The molecule has 1 aliphatic rings. The molecule has 1 aromatic rings. The van der Waals surface area contributed by atoms with Crippen LogP contribution in [0.1, 0.15) is 38.7 Å². The minimum absolute atomic E-state index is 0.0243. The first-order chi connectivity index (χ1) is 10.9.